The van der Waals surface area contributed by atoms with E-state index < -0.39 is 10.0 Å². The van der Waals surface area contributed by atoms with Crippen molar-refractivity contribution in [2.24, 2.45) is 7.05 Å². The Hall–Kier alpha value is -0.500. The number of sulfonamides is 1. The number of rotatable bonds is 8. The molecule has 0 bridgehead atoms. The van der Waals surface area contributed by atoms with Crippen molar-refractivity contribution in [2.75, 3.05) is 19.3 Å². The average molecular weight is 332 g/mol. The van der Waals surface area contributed by atoms with Gasteiger partial charge in [0.15, 0.2) is 0 Å². The number of aromatic nitrogens is 1. The van der Waals surface area contributed by atoms with Gasteiger partial charge in [-0.25, -0.2) is 13.1 Å². The van der Waals surface area contributed by atoms with Gasteiger partial charge in [-0.1, -0.05) is 13.3 Å². The molecule has 0 radical (unpaired) electrons. The van der Waals surface area contributed by atoms with Crippen LogP contribution >= 0.6 is 11.8 Å². The maximum Gasteiger partial charge on any atom is 0.242 e. The number of nitrogens with zero attached hydrogens (tertiary/aromatic N) is 1. The molecule has 1 aromatic rings. The number of thioether (sulfide) groups is 1. The van der Waals surface area contributed by atoms with Crippen LogP contribution in [-0.2, 0) is 23.6 Å². The van der Waals surface area contributed by atoms with E-state index in [0.717, 1.165) is 25.1 Å². The van der Waals surface area contributed by atoms with E-state index in [2.05, 4.69) is 16.3 Å². The predicted molar refractivity (Wildman–Crippen MR) is 88.1 cm³/mol. The van der Waals surface area contributed by atoms with E-state index in [9.17, 15) is 8.42 Å². The molecule has 7 heteroatoms. The lowest BCUT2D eigenvalue weighted by Crippen LogP contribution is -2.45. The molecule has 1 aliphatic carbocycles. The van der Waals surface area contributed by atoms with Crippen LogP contribution in [0.25, 0.3) is 0 Å². The van der Waals surface area contributed by atoms with Crippen molar-refractivity contribution in [3.63, 3.8) is 0 Å². The zero-order valence-electron chi connectivity index (χ0n) is 13.0. The van der Waals surface area contributed by atoms with Crippen molar-refractivity contribution in [3.05, 3.63) is 18.0 Å². The Labute approximate surface area is 131 Å². The highest BCUT2D eigenvalue weighted by atomic mass is 32.2. The highest BCUT2D eigenvalue weighted by Crippen LogP contribution is 2.42. The average Bonchev–Trinajstić information content (AvgIpc) is 2.78. The molecule has 0 amide bonds. The highest BCUT2D eigenvalue weighted by molar-refractivity contribution is 8.00. The van der Waals surface area contributed by atoms with Gasteiger partial charge < -0.3 is 9.88 Å². The molecule has 120 valence electrons. The minimum atomic E-state index is -3.42. The molecule has 0 atom stereocenters. The fourth-order valence-electron chi connectivity index (χ4n) is 2.49. The zero-order chi connectivity index (χ0) is 15.5. The van der Waals surface area contributed by atoms with Crippen molar-refractivity contribution in [3.8, 4) is 0 Å². The van der Waals surface area contributed by atoms with Crippen molar-refractivity contribution in [2.45, 2.75) is 42.4 Å². The molecular weight excluding hydrogens is 306 g/mol. The number of nitrogens with one attached hydrogen (secondary N) is 2. The normalized spacial score (nSPS) is 17.7. The first-order chi connectivity index (χ1) is 9.92. The van der Waals surface area contributed by atoms with E-state index in [4.69, 9.17) is 0 Å². The van der Waals surface area contributed by atoms with E-state index in [-0.39, 0.29) is 4.75 Å². The van der Waals surface area contributed by atoms with Gasteiger partial charge in [0.25, 0.3) is 0 Å². The second kappa shape index (κ2) is 6.73. The van der Waals surface area contributed by atoms with Crippen LogP contribution in [0.4, 0.5) is 0 Å². The van der Waals surface area contributed by atoms with Gasteiger partial charge in [-0.2, -0.15) is 11.8 Å². The second-order valence-corrected chi connectivity index (χ2v) is 8.66. The van der Waals surface area contributed by atoms with E-state index in [0.29, 0.717) is 18.0 Å². The topological polar surface area (TPSA) is 63.1 Å². The first kappa shape index (κ1) is 16.9. The Kier molecular flexibility index (Phi) is 5.40. The molecule has 5 nitrogen and oxygen atoms in total. The molecular formula is C14H25N3O2S2. The fourth-order valence-corrected chi connectivity index (χ4v) is 4.71. The molecule has 1 saturated carbocycles. The summed E-state index contributed by atoms with van der Waals surface area (Å²) in [5.74, 6) is 0. The third-order valence-electron chi connectivity index (χ3n) is 4.23. The van der Waals surface area contributed by atoms with Crippen molar-refractivity contribution in [1.82, 2.24) is 14.6 Å². The first-order valence-electron chi connectivity index (χ1n) is 7.33. The molecule has 21 heavy (non-hydrogen) atoms. The molecule has 1 heterocycles. The van der Waals surface area contributed by atoms with E-state index >= 15 is 0 Å². The van der Waals surface area contributed by atoms with Crippen LogP contribution in [0.3, 0.4) is 0 Å². The molecule has 1 aromatic heterocycles. The third kappa shape index (κ3) is 3.83. The van der Waals surface area contributed by atoms with Crippen LogP contribution in [0.15, 0.2) is 17.2 Å². The lowest BCUT2D eigenvalue weighted by Gasteiger charge is -2.40. The number of hydrogen-bond donors (Lipinski definition) is 2. The lowest BCUT2D eigenvalue weighted by atomic mass is 9.84. The summed E-state index contributed by atoms with van der Waals surface area (Å²) in [5.41, 5.74) is 0.973. The van der Waals surface area contributed by atoms with Crippen LogP contribution in [0, 0.1) is 0 Å². The third-order valence-corrected chi connectivity index (χ3v) is 7.02. The summed E-state index contributed by atoms with van der Waals surface area (Å²) >= 11 is 1.77. The molecule has 0 unspecified atom stereocenters. The van der Waals surface area contributed by atoms with Crippen molar-refractivity contribution >= 4 is 21.8 Å². The summed E-state index contributed by atoms with van der Waals surface area (Å²) in [5, 5.41) is 3.21. The summed E-state index contributed by atoms with van der Waals surface area (Å²) in [7, 11) is -1.54. The standard InChI is InChI=1S/C14H25N3O2S2/c1-4-15-9-12-8-13(10-17(12)2)21(18,19)16-11-14(20-3)6-5-7-14/h8,10,15-16H,4-7,9,11H2,1-3H3. The predicted octanol–water partition coefficient (Wildman–Crippen LogP) is 1.70. The minimum Gasteiger partial charge on any atom is -0.352 e. The van der Waals surface area contributed by atoms with Gasteiger partial charge in [-0.15, -0.1) is 0 Å². The van der Waals surface area contributed by atoms with Crippen LogP contribution in [0.1, 0.15) is 31.9 Å². The van der Waals surface area contributed by atoms with Gasteiger partial charge in [0.05, 0.1) is 4.90 Å². The molecule has 2 rings (SSSR count). The highest BCUT2D eigenvalue weighted by Gasteiger charge is 2.37. The van der Waals surface area contributed by atoms with Crippen molar-refractivity contribution in [1.29, 1.82) is 0 Å². The largest absolute Gasteiger partial charge is 0.352 e. The van der Waals surface area contributed by atoms with Gasteiger partial charge in [0.1, 0.15) is 0 Å². The van der Waals surface area contributed by atoms with Gasteiger partial charge >= 0.3 is 0 Å². The molecule has 0 aliphatic heterocycles. The molecule has 2 N–H and O–H groups in total. The van der Waals surface area contributed by atoms with Crippen LogP contribution in [0.2, 0.25) is 0 Å². The smallest absolute Gasteiger partial charge is 0.242 e. The summed E-state index contributed by atoms with van der Waals surface area (Å²) < 4.78 is 29.6. The summed E-state index contributed by atoms with van der Waals surface area (Å²) in [6, 6.07) is 1.75. The van der Waals surface area contributed by atoms with Crippen LogP contribution in [-0.4, -0.2) is 37.1 Å². The number of aryl methyl sites for hydroxylation is 1. The summed E-state index contributed by atoms with van der Waals surface area (Å²) in [6.45, 7) is 4.09. The second-order valence-electron chi connectivity index (χ2n) is 5.62. The monoisotopic (exact) mass is 331 g/mol. The maximum absolute atomic E-state index is 12.4. The van der Waals surface area contributed by atoms with Gasteiger partial charge in [0.2, 0.25) is 10.0 Å². The lowest BCUT2D eigenvalue weighted by molar-refractivity contribution is 0.362. The minimum absolute atomic E-state index is 0.106. The maximum atomic E-state index is 12.4. The summed E-state index contributed by atoms with van der Waals surface area (Å²) in [4.78, 5) is 0.355. The molecule has 0 saturated heterocycles. The fraction of sp³-hybridized carbons (Fsp3) is 0.714. The van der Waals surface area contributed by atoms with Gasteiger partial charge in [-0.3, -0.25) is 0 Å². The van der Waals surface area contributed by atoms with Crippen LogP contribution < -0.4 is 10.0 Å². The number of hydrogen-bond acceptors (Lipinski definition) is 4. The molecule has 1 fully saturated rings. The van der Waals surface area contributed by atoms with E-state index in [1.807, 2.05) is 18.5 Å². The Morgan fingerprint density at radius 1 is 1.43 bits per heavy atom. The van der Waals surface area contributed by atoms with E-state index in [1.54, 1.807) is 24.0 Å². The molecule has 0 aromatic carbocycles. The summed E-state index contributed by atoms with van der Waals surface area (Å²) in [6.07, 6.45) is 7.13. The molecule has 0 spiro atoms. The van der Waals surface area contributed by atoms with Gasteiger partial charge in [0, 0.05) is 36.8 Å². The van der Waals surface area contributed by atoms with E-state index in [1.165, 1.54) is 6.42 Å². The quantitative estimate of drug-likeness (QED) is 0.761. The Morgan fingerprint density at radius 2 is 2.14 bits per heavy atom. The van der Waals surface area contributed by atoms with Crippen molar-refractivity contribution < 1.29 is 8.42 Å². The van der Waals surface area contributed by atoms with Gasteiger partial charge in [-0.05, 0) is 31.7 Å². The Morgan fingerprint density at radius 3 is 2.67 bits per heavy atom. The Bertz CT molecular complexity index is 572. The SMILES string of the molecule is CCNCc1cc(S(=O)(=O)NCC2(SC)CCC2)cn1C. The molecule has 1 aliphatic rings. The Balaban J connectivity index is 2.05. The van der Waals surface area contributed by atoms with Crippen LogP contribution in [0.5, 0.6) is 0 Å². The zero-order valence-corrected chi connectivity index (χ0v) is 14.6. The first-order valence-corrected chi connectivity index (χ1v) is 10.0.